The summed E-state index contributed by atoms with van der Waals surface area (Å²) in [6.45, 7) is 0.605. The van der Waals surface area contributed by atoms with Crippen LogP contribution in [0.5, 0.6) is 17.2 Å². The third-order valence-corrected chi connectivity index (χ3v) is 8.09. The van der Waals surface area contributed by atoms with Gasteiger partial charge in [-0.25, -0.2) is 4.98 Å². The van der Waals surface area contributed by atoms with Crippen molar-refractivity contribution in [3.8, 4) is 17.2 Å². The van der Waals surface area contributed by atoms with Gasteiger partial charge in [0, 0.05) is 5.92 Å². The van der Waals surface area contributed by atoms with Crippen molar-refractivity contribution in [2.75, 3.05) is 6.79 Å². The predicted molar refractivity (Wildman–Crippen MR) is 154 cm³/mol. The molecule has 7 nitrogen and oxygen atoms in total. The Kier molecular flexibility index (Phi) is 7.21. The van der Waals surface area contributed by atoms with Crippen molar-refractivity contribution in [2.45, 2.75) is 44.6 Å². The van der Waals surface area contributed by atoms with Crippen LogP contribution >= 0.6 is 31.9 Å². The van der Waals surface area contributed by atoms with E-state index in [1.807, 2.05) is 48.5 Å². The van der Waals surface area contributed by atoms with E-state index in [0.717, 1.165) is 68.6 Å². The third-order valence-electron chi connectivity index (χ3n) is 6.91. The Bertz CT molecular complexity index is 1570. The SMILES string of the molecule is O=c1c2ccccc2nc(C2CCCCC2)n1N=Cc1cc(Br)c(OCc2ccc3c(c2)OCO3)c(Br)c1. The molecular formula is C29H25Br2N3O4. The minimum atomic E-state index is -0.144. The Morgan fingerprint density at radius 3 is 2.58 bits per heavy atom. The third kappa shape index (κ3) is 5.09. The number of hydrogen-bond acceptors (Lipinski definition) is 6. The van der Waals surface area contributed by atoms with Crippen molar-refractivity contribution in [1.29, 1.82) is 0 Å². The van der Waals surface area contributed by atoms with E-state index in [2.05, 4.69) is 37.0 Å². The maximum Gasteiger partial charge on any atom is 0.282 e. The molecule has 1 aliphatic heterocycles. The summed E-state index contributed by atoms with van der Waals surface area (Å²) in [4.78, 5) is 18.3. The summed E-state index contributed by atoms with van der Waals surface area (Å²) < 4.78 is 20.0. The Labute approximate surface area is 236 Å². The van der Waals surface area contributed by atoms with Gasteiger partial charge in [-0.3, -0.25) is 4.79 Å². The van der Waals surface area contributed by atoms with Crippen LogP contribution in [0.4, 0.5) is 0 Å². The van der Waals surface area contributed by atoms with Gasteiger partial charge < -0.3 is 14.2 Å². The molecule has 1 saturated carbocycles. The van der Waals surface area contributed by atoms with E-state index in [1.54, 1.807) is 12.3 Å². The zero-order chi connectivity index (χ0) is 26.1. The highest BCUT2D eigenvalue weighted by molar-refractivity contribution is 9.11. The van der Waals surface area contributed by atoms with Gasteiger partial charge in [0.1, 0.15) is 18.2 Å². The molecule has 0 bridgehead atoms. The van der Waals surface area contributed by atoms with E-state index in [-0.39, 0.29) is 18.3 Å². The predicted octanol–water partition coefficient (Wildman–Crippen LogP) is 7.16. The van der Waals surface area contributed by atoms with E-state index < -0.39 is 0 Å². The van der Waals surface area contributed by atoms with Crippen molar-refractivity contribution in [2.24, 2.45) is 5.10 Å². The topological polar surface area (TPSA) is 74.9 Å². The van der Waals surface area contributed by atoms with Crippen molar-refractivity contribution in [3.05, 3.63) is 90.8 Å². The molecule has 38 heavy (non-hydrogen) atoms. The Morgan fingerprint density at radius 2 is 1.76 bits per heavy atom. The highest BCUT2D eigenvalue weighted by Gasteiger charge is 2.22. The van der Waals surface area contributed by atoms with Crippen LogP contribution in [0.2, 0.25) is 0 Å². The number of aromatic nitrogens is 2. The lowest BCUT2D eigenvalue weighted by atomic mass is 9.88. The molecule has 194 valence electrons. The van der Waals surface area contributed by atoms with Crippen molar-refractivity contribution in [3.63, 3.8) is 0 Å². The zero-order valence-electron chi connectivity index (χ0n) is 20.5. The molecule has 1 aliphatic carbocycles. The highest BCUT2D eigenvalue weighted by atomic mass is 79.9. The lowest BCUT2D eigenvalue weighted by Crippen LogP contribution is -2.25. The van der Waals surface area contributed by atoms with Crippen LogP contribution in [-0.2, 0) is 6.61 Å². The number of hydrogen-bond donors (Lipinski definition) is 0. The average molecular weight is 639 g/mol. The number of benzene rings is 3. The van der Waals surface area contributed by atoms with Crippen LogP contribution in [-0.4, -0.2) is 22.7 Å². The molecule has 0 unspecified atom stereocenters. The minimum absolute atomic E-state index is 0.144. The summed E-state index contributed by atoms with van der Waals surface area (Å²) in [5, 5.41) is 5.22. The number of fused-ring (bicyclic) bond motifs is 2. The molecule has 0 radical (unpaired) electrons. The van der Waals surface area contributed by atoms with E-state index >= 15 is 0 Å². The molecule has 2 aliphatic rings. The molecule has 6 rings (SSSR count). The molecule has 1 aromatic heterocycles. The van der Waals surface area contributed by atoms with Gasteiger partial charge in [-0.15, -0.1) is 0 Å². The van der Waals surface area contributed by atoms with Crippen LogP contribution in [0.15, 0.2) is 73.4 Å². The van der Waals surface area contributed by atoms with Crippen LogP contribution in [0, 0.1) is 0 Å². The quantitative estimate of drug-likeness (QED) is 0.210. The second-order valence-electron chi connectivity index (χ2n) is 9.47. The summed E-state index contributed by atoms with van der Waals surface area (Å²) in [7, 11) is 0. The first-order chi connectivity index (χ1) is 18.6. The number of ether oxygens (including phenoxy) is 3. The molecule has 0 atom stereocenters. The largest absolute Gasteiger partial charge is 0.487 e. The van der Waals surface area contributed by atoms with Gasteiger partial charge >= 0.3 is 0 Å². The summed E-state index contributed by atoms with van der Waals surface area (Å²) >= 11 is 7.26. The Hall–Kier alpha value is -3.17. The molecule has 3 aromatic carbocycles. The normalized spacial score (nSPS) is 15.4. The second-order valence-corrected chi connectivity index (χ2v) is 11.2. The maximum absolute atomic E-state index is 13.4. The fourth-order valence-electron chi connectivity index (χ4n) is 4.98. The maximum atomic E-state index is 13.4. The van der Waals surface area contributed by atoms with Gasteiger partial charge in [0.15, 0.2) is 11.5 Å². The van der Waals surface area contributed by atoms with Gasteiger partial charge in [-0.05, 0) is 92.2 Å². The Balaban J connectivity index is 1.27. The average Bonchev–Trinajstić information content (AvgIpc) is 3.40. The second kappa shape index (κ2) is 10.9. The monoisotopic (exact) mass is 637 g/mol. The number of rotatable bonds is 6. The standard InChI is InChI=1S/C29H25Br2N3O4/c30-22-12-19(13-23(31)27(22)36-16-18-10-11-25-26(14-18)38-17-37-25)15-32-34-28(20-6-2-1-3-7-20)33-24-9-5-4-8-21(24)29(34)35/h4-5,8-15,20H,1-3,6-7,16-17H2. The molecular weight excluding hydrogens is 614 g/mol. The molecule has 0 saturated heterocycles. The molecule has 0 amide bonds. The number of nitrogens with zero attached hydrogens (tertiary/aromatic N) is 3. The Morgan fingerprint density at radius 1 is 1.00 bits per heavy atom. The van der Waals surface area contributed by atoms with Crippen LogP contribution in [0.25, 0.3) is 10.9 Å². The molecule has 4 aromatic rings. The smallest absolute Gasteiger partial charge is 0.282 e. The molecule has 0 N–H and O–H groups in total. The van der Waals surface area contributed by atoms with E-state index in [9.17, 15) is 4.79 Å². The first-order valence-electron chi connectivity index (χ1n) is 12.6. The molecule has 1 fully saturated rings. The lowest BCUT2D eigenvalue weighted by Gasteiger charge is -2.22. The van der Waals surface area contributed by atoms with Crippen molar-refractivity contribution < 1.29 is 14.2 Å². The fraction of sp³-hybridized carbons (Fsp3) is 0.276. The lowest BCUT2D eigenvalue weighted by molar-refractivity contribution is 0.174. The van der Waals surface area contributed by atoms with E-state index in [1.165, 1.54) is 11.1 Å². The minimum Gasteiger partial charge on any atom is -0.487 e. The summed E-state index contributed by atoms with van der Waals surface area (Å²) in [6, 6.07) is 17.1. The van der Waals surface area contributed by atoms with E-state index in [4.69, 9.17) is 19.2 Å². The number of halogens is 2. The van der Waals surface area contributed by atoms with Crippen LogP contribution in [0.3, 0.4) is 0 Å². The van der Waals surface area contributed by atoms with Gasteiger partial charge in [0.25, 0.3) is 5.56 Å². The summed E-state index contributed by atoms with van der Waals surface area (Å²) in [5.41, 5.74) is 2.36. The van der Waals surface area contributed by atoms with E-state index in [0.29, 0.717) is 17.7 Å². The number of para-hydroxylation sites is 1. The molecule has 2 heterocycles. The van der Waals surface area contributed by atoms with Crippen LogP contribution < -0.4 is 19.8 Å². The van der Waals surface area contributed by atoms with Gasteiger partial charge in [-0.2, -0.15) is 9.78 Å². The van der Waals surface area contributed by atoms with Crippen molar-refractivity contribution in [1.82, 2.24) is 9.66 Å². The fourth-order valence-corrected chi connectivity index (χ4v) is 6.43. The first kappa shape index (κ1) is 25.1. The van der Waals surface area contributed by atoms with Crippen molar-refractivity contribution >= 4 is 49.0 Å². The summed E-state index contributed by atoms with van der Waals surface area (Å²) in [5.74, 6) is 3.11. The zero-order valence-corrected chi connectivity index (χ0v) is 23.7. The first-order valence-corrected chi connectivity index (χ1v) is 14.2. The van der Waals surface area contributed by atoms with Gasteiger partial charge in [-0.1, -0.05) is 37.5 Å². The van der Waals surface area contributed by atoms with Crippen LogP contribution in [0.1, 0.15) is 55.0 Å². The molecule has 0 spiro atoms. The summed E-state index contributed by atoms with van der Waals surface area (Å²) in [6.07, 6.45) is 7.25. The molecule has 9 heteroatoms. The van der Waals surface area contributed by atoms with Gasteiger partial charge in [0.2, 0.25) is 6.79 Å². The highest BCUT2D eigenvalue weighted by Crippen LogP contribution is 2.37. The van der Waals surface area contributed by atoms with Gasteiger partial charge in [0.05, 0.1) is 26.1 Å².